The molecule has 3 rings (SSSR count). The molecule has 90 valence electrons. The van der Waals surface area contributed by atoms with Crippen molar-refractivity contribution in [3.05, 3.63) is 28.7 Å². The van der Waals surface area contributed by atoms with Crippen molar-refractivity contribution in [1.29, 1.82) is 0 Å². The van der Waals surface area contributed by atoms with E-state index in [1.54, 1.807) is 0 Å². The first-order valence-electron chi connectivity index (χ1n) is 6.00. The second-order valence-corrected chi connectivity index (χ2v) is 5.86. The quantitative estimate of drug-likeness (QED) is 0.862. The number of carbonyl (C=O) groups is 1. The molecule has 1 spiro atoms. The molecule has 0 atom stereocenters. The van der Waals surface area contributed by atoms with Crippen LogP contribution in [0.5, 0.6) is 0 Å². The number of anilines is 1. The van der Waals surface area contributed by atoms with Crippen molar-refractivity contribution in [1.82, 2.24) is 5.32 Å². The number of piperazine rings is 1. The Morgan fingerprint density at radius 3 is 2.53 bits per heavy atom. The van der Waals surface area contributed by atoms with Crippen LogP contribution in [0.1, 0.15) is 19.3 Å². The number of amides is 1. The summed E-state index contributed by atoms with van der Waals surface area (Å²) in [6.07, 6.45) is 3.65. The van der Waals surface area contributed by atoms with Gasteiger partial charge in [0.25, 0.3) is 0 Å². The highest BCUT2D eigenvalue weighted by Crippen LogP contribution is 2.35. The number of nitrogens with zero attached hydrogens (tertiary/aromatic N) is 1. The lowest BCUT2D eigenvalue weighted by atomic mass is 9.75. The lowest BCUT2D eigenvalue weighted by Crippen LogP contribution is -2.66. The van der Waals surface area contributed by atoms with Gasteiger partial charge in [-0.1, -0.05) is 15.9 Å². The number of rotatable bonds is 1. The third-order valence-electron chi connectivity index (χ3n) is 3.83. The fraction of sp³-hybridized carbons (Fsp3) is 0.462. The highest BCUT2D eigenvalue weighted by molar-refractivity contribution is 9.10. The van der Waals surface area contributed by atoms with Crippen molar-refractivity contribution >= 4 is 27.5 Å². The molecule has 1 aliphatic heterocycles. The van der Waals surface area contributed by atoms with Gasteiger partial charge in [-0.05, 0) is 43.5 Å². The van der Waals surface area contributed by atoms with Crippen LogP contribution >= 0.6 is 15.9 Å². The summed E-state index contributed by atoms with van der Waals surface area (Å²) in [5, 5.41) is 3.39. The molecule has 1 saturated heterocycles. The molecule has 1 aromatic rings. The van der Waals surface area contributed by atoms with Crippen LogP contribution in [0.15, 0.2) is 28.7 Å². The van der Waals surface area contributed by atoms with E-state index >= 15 is 0 Å². The van der Waals surface area contributed by atoms with Gasteiger partial charge in [0.15, 0.2) is 0 Å². The van der Waals surface area contributed by atoms with Gasteiger partial charge in [0.2, 0.25) is 5.91 Å². The first-order chi connectivity index (χ1) is 8.19. The van der Waals surface area contributed by atoms with E-state index in [2.05, 4.69) is 21.2 Å². The van der Waals surface area contributed by atoms with Crippen molar-refractivity contribution in [2.24, 2.45) is 0 Å². The molecule has 2 aliphatic rings. The van der Waals surface area contributed by atoms with Gasteiger partial charge in [0.1, 0.15) is 0 Å². The summed E-state index contributed by atoms with van der Waals surface area (Å²) in [6.45, 7) is 1.28. The molecule has 2 fully saturated rings. The van der Waals surface area contributed by atoms with Crippen LogP contribution in [0.25, 0.3) is 0 Å². The minimum Gasteiger partial charge on any atom is -0.309 e. The summed E-state index contributed by atoms with van der Waals surface area (Å²) >= 11 is 3.42. The molecule has 3 nitrogen and oxygen atoms in total. The SMILES string of the molecule is O=C1CNC2(CCC2)CN1c1ccc(Br)cc1. The topological polar surface area (TPSA) is 32.3 Å². The van der Waals surface area contributed by atoms with Crippen LogP contribution < -0.4 is 10.2 Å². The maximum absolute atomic E-state index is 12.0. The smallest absolute Gasteiger partial charge is 0.241 e. The normalized spacial score (nSPS) is 22.6. The molecular weight excluding hydrogens is 280 g/mol. The zero-order valence-electron chi connectivity index (χ0n) is 9.58. The average Bonchev–Trinajstić information content (AvgIpc) is 2.29. The van der Waals surface area contributed by atoms with Gasteiger partial charge >= 0.3 is 0 Å². The standard InChI is InChI=1S/C13H15BrN2O/c14-10-2-4-11(5-3-10)16-9-13(6-1-7-13)15-8-12(16)17/h2-5,15H,1,6-9H2. The Morgan fingerprint density at radius 2 is 1.94 bits per heavy atom. The Balaban J connectivity index is 1.84. The van der Waals surface area contributed by atoms with Gasteiger partial charge in [-0.25, -0.2) is 0 Å². The second kappa shape index (κ2) is 4.10. The molecule has 17 heavy (non-hydrogen) atoms. The highest BCUT2D eigenvalue weighted by atomic mass is 79.9. The third-order valence-corrected chi connectivity index (χ3v) is 4.35. The first kappa shape index (κ1) is 11.2. The van der Waals surface area contributed by atoms with Crippen LogP contribution in [0.4, 0.5) is 5.69 Å². The highest BCUT2D eigenvalue weighted by Gasteiger charge is 2.43. The first-order valence-corrected chi connectivity index (χ1v) is 6.79. The summed E-state index contributed by atoms with van der Waals surface area (Å²) in [5.74, 6) is 0.171. The van der Waals surface area contributed by atoms with E-state index < -0.39 is 0 Å². The zero-order valence-corrected chi connectivity index (χ0v) is 11.2. The van der Waals surface area contributed by atoms with Crippen molar-refractivity contribution < 1.29 is 4.79 Å². The number of nitrogens with one attached hydrogen (secondary N) is 1. The lowest BCUT2D eigenvalue weighted by molar-refractivity contribution is -0.120. The van der Waals surface area contributed by atoms with Crippen molar-refractivity contribution in [2.75, 3.05) is 18.0 Å². The van der Waals surface area contributed by atoms with E-state index in [1.165, 1.54) is 19.3 Å². The summed E-state index contributed by atoms with van der Waals surface area (Å²) < 4.78 is 1.04. The number of hydrogen-bond donors (Lipinski definition) is 1. The number of benzene rings is 1. The minimum atomic E-state index is 0.171. The van der Waals surface area contributed by atoms with Crippen LogP contribution in [-0.2, 0) is 4.79 Å². The van der Waals surface area contributed by atoms with E-state index in [-0.39, 0.29) is 11.4 Å². The molecular formula is C13H15BrN2O. The number of carbonyl (C=O) groups excluding carboxylic acids is 1. The summed E-state index contributed by atoms with van der Waals surface area (Å²) in [6, 6.07) is 7.97. The molecule has 0 bridgehead atoms. The lowest BCUT2D eigenvalue weighted by Gasteiger charge is -2.49. The monoisotopic (exact) mass is 294 g/mol. The average molecular weight is 295 g/mol. The fourth-order valence-corrected chi connectivity index (χ4v) is 2.86. The summed E-state index contributed by atoms with van der Waals surface area (Å²) in [5.41, 5.74) is 1.20. The Kier molecular flexibility index (Phi) is 2.71. The van der Waals surface area contributed by atoms with Crippen molar-refractivity contribution in [2.45, 2.75) is 24.8 Å². The molecule has 1 aliphatic carbocycles. The molecule has 1 aromatic carbocycles. The maximum atomic E-state index is 12.0. The van der Waals surface area contributed by atoms with Gasteiger partial charge in [-0.15, -0.1) is 0 Å². The molecule has 1 saturated carbocycles. The maximum Gasteiger partial charge on any atom is 0.241 e. The van der Waals surface area contributed by atoms with Crippen LogP contribution in [0.3, 0.4) is 0 Å². The Bertz CT molecular complexity index is 439. The molecule has 4 heteroatoms. The number of halogens is 1. The Labute approximate surface area is 109 Å². The van der Waals surface area contributed by atoms with Crippen molar-refractivity contribution in [3.8, 4) is 0 Å². The van der Waals surface area contributed by atoms with Crippen molar-refractivity contribution in [3.63, 3.8) is 0 Å². The van der Waals surface area contributed by atoms with E-state index in [9.17, 15) is 4.79 Å². The fourth-order valence-electron chi connectivity index (χ4n) is 2.60. The van der Waals surface area contributed by atoms with E-state index in [4.69, 9.17) is 0 Å². The van der Waals surface area contributed by atoms with Gasteiger partial charge in [-0.3, -0.25) is 4.79 Å². The van der Waals surface area contributed by atoms with Gasteiger partial charge < -0.3 is 10.2 Å². The summed E-state index contributed by atoms with van der Waals surface area (Å²) in [4.78, 5) is 13.9. The molecule has 0 unspecified atom stereocenters. The van der Waals surface area contributed by atoms with Gasteiger partial charge in [-0.2, -0.15) is 0 Å². The predicted molar refractivity (Wildman–Crippen MR) is 71.1 cm³/mol. The molecule has 1 heterocycles. The van der Waals surface area contributed by atoms with Crippen LogP contribution in [0.2, 0.25) is 0 Å². The predicted octanol–water partition coefficient (Wildman–Crippen LogP) is 2.31. The van der Waals surface area contributed by atoms with Gasteiger partial charge in [0, 0.05) is 22.2 Å². The summed E-state index contributed by atoms with van der Waals surface area (Å²) in [7, 11) is 0. The molecule has 1 N–H and O–H groups in total. The minimum absolute atomic E-state index is 0.171. The van der Waals surface area contributed by atoms with Gasteiger partial charge in [0.05, 0.1) is 6.54 Å². The molecule has 0 radical (unpaired) electrons. The molecule has 1 amide bonds. The largest absolute Gasteiger partial charge is 0.309 e. The number of hydrogen-bond acceptors (Lipinski definition) is 2. The van der Waals surface area contributed by atoms with E-state index in [0.29, 0.717) is 6.54 Å². The second-order valence-electron chi connectivity index (χ2n) is 4.94. The zero-order chi connectivity index (χ0) is 11.9. The third kappa shape index (κ3) is 2.00. The van der Waals surface area contributed by atoms with E-state index in [1.807, 2.05) is 29.2 Å². The Morgan fingerprint density at radius 1 is 1.24 bits per heavy atom. The Hall–Kier alpha value is -0.870. The molecule has 0 aromatic heterocycles. The van der Waals surface area contributed by atoms with Crippen LogP contribution in [-0.4, -0.2) is 24.5 Å². The van der Waals surface area contributed by atoms with Crippen LogP contribution in [0, 0.1) is 0 Å². The van der Waals surface area contributed by atoms with E-state index in [0.717, 1.165) is 16.7 Å².